The van der Waals surface area contributed by atoms with Crippen LogP contribution in [0.15, 0.2) is 35.1 Å². The number of fused-ring (bicyclic) bond motifs is 9. The third kappa shape index (κ3) is 7.23. The normalized spacial score (nSPS) is 26.3. The SMILES string of the molecule is Cc1nc2c3cc(C4CCS(=O)(=O)CC4)c(=O)n(c3n1)CCCOCCCCN1CC(C1)CC(F)(F)c1cccc(c1)[C@H](C)N2. The fourth-order valence-corrected chi connectivity index (χ4v) is 8.44. The molecule has 0 amide bonds. The fraction of sp³-hybridized carbons (Fsp3) is 0.606. The lowest BCUT2D eigenvalue weighted by molar-refractivity contribution is -0.0570. The Kier molecular flexibility index (Phi) is 9.27. The van der Waals surface area contributed by atoms with E-state index < -0.39 is 15.8 Å². The molecular weight excluding hydrogens is 600 g/mol. The van der Waals surface area contributed by atoms with E-state index in [2.05, 4.69) is 15.2 Å². The van der Waals surface area contributed by atoms with E-state index in [1.807, 2.05) is 19.1 Å². The third-order valence-corrected chi connectivity index (χ3v) is 11.2. The molecule has 9 nitrogen and oxygen atoms in total. The fourth-order valence-electron chi connectivity index (χ4n) is 6.94. The van der Waals surface area contributed by atoms with Crippen molar-refractivity contribution in [1.29, 1.82) is 0 Å². The van der Waals surface area contributed by atoms with Crippen molar-refractivity contribution in [1.82, 2.24) is 19.4 Å². The number of hydrogen-bond acceptors (Lipinski definition) is 8. The molecule has 0 unspecified atom stereocenters. The minimum absolute atomic E-state index is 0.0125. The molecule has 4 aliphatic rings. The van der Waals surface area contributed by atoms with Crippen molar-refractivity contribution >= 4 is 26.7 Å². The van der Waals surface area contributed by atoms with Gasteiger partial charge in [-0.2, -0.15) is 0 Å². The minimum Gasteiger partial charge on any atom is -0.381 e. The van der Waals surface area contributed by atoms with Gasteiger partial charge in [0.05, 0.1) is 16.9 Å². The Morgan fingerprint density at radius 2 is 1.78 bits per heavy atom. The van der Waals surface area contributed by atoms with Gasteiger partial charge in [-0.1, -0.05) is 18.2 Å². The molecule has 1 N–H and O–H groups in total. The second-order valence-corrected chi connectivity index (χ2v) is 15.3. The number of rotatable bonds is 1. The van der Waals surface area contributed by atoms with E-state index in [-0.39, 0.29) is 46.9 Å². The summed E-state index contributed by atoms with van der Waals surface area (Å²) in [6.45, 7) is 7.43. The standard InChI is InChI=1S/C33H43F2N5O4S/c1-22-26-7-5-8-27(17-26)33(34,35)19-24-20-39(21-24)11-3-4-13-44-14-6-12-40-31-29(30(36-22)37-23(2)38-31)18-28(32(40)41)25-9-15-45(42,43)16-10-25/h5,7-8,17-18,22,24-25H,3-4,6,9-16,19-21H2,1-2H3,(H,36,37,38)/t22-/m0/s1. The second-order valence-electron chi connectivity index (χ2n) is 13.0. The first-order valence-electron chi connectivity index (χ1n) is 16.2. The van der Waals surface area contributed by atoms with E-state index in [9.17, 15) is 13.2 Å². The Balaban J connectivity index is 1.38. The summed E-state index contributed by atoms with van der Waals surface area (Å²) in [6.07, 6.45) is 3.05. The van der Waals surface area contributed by atoms with Crippen LogP contribution in [-0.2, 0) is 27.0 Å². The van der Waals surface area contributed by atoms with E-state index in [0.717, 1.165) is 19.4 Å². The average molecular weight is 644 g/mol. The third-order valence-electron chi connectivity index (χ3n) is 9.50. The molecule has 1 atom stereocenters. The van der Waals surface area contributed by atoms with Gasteiger partial charge >= 0.3 is 0 Å². The molecule has 45 heavy (non-hydrogen) atoms. The Bertz CT molecular complexity index is 1690. The molecule has 244 valence electrons. The highest BCUT2D eigenvalue weighted by Crippen LogP contribution is 2.39. The number of anilines is 1. The summed E-state index contributed by atoms with van der Waals surface area (Å²) >= 11 is 0. The molecule has 2 fully saturated rings. The topological polar surface area (TPSA) is 106 Å². The molecular formula is C33H43F2N5O4S. The Morgan fingerprint density at radius 3 is 2.56 bits per heavy atom. The average Bonchev–Trinajstić information content (AvgIpc) is 2.97. The molecule has 2 saturated heterocycles. The summed E-state index contributed by atoms with van der Waals surface area (Å²) in [6, 6.07) is 8.05. The number of aryl methyl sites for hydroxylation is 2. The van der Waals surface area contributed by atoms with Crippen LogP contribution in [0.1, 0.15) is 79.9 Å². The van der Waals surface area contributed by atoms with E-state index in [1.165, 1.54) is 6.07 Å². The van der Waals surface area contributed by atoms with Crippen LogP contribution in [0.2, 0.25) is 0 Å². The summed E-state index contributed by atoms with van der Waals surface area (Å²) in [5.74, 6) is -2.08. The van der Waals surface area contributed by atoms with Crippen LogP contribution < -0.4 is 10.9 Å². The number of nitrogens with one attached hydrogen (secondary N) is 1. The summed E-state index contributed by atoms with van der Waals surface area (Å²) < 4.78 is 62.9. The van der Waals surface area contributed by atoms with Gasteiger partial charge in [0.2, 0.25) is 0 Å². The van der Waals surface area contributed by atoms with Crippen LogP contribution in [-0.4, -0.2) is 72.2 Å². The lowest BCUT2D eigenvalue weighted by Crippen LogP contribution is -2.48. The highest BCUT2D eigenvalue weighted by Gasteiger charge is 2.39. The maximum absolute atomic E-state index is 15.5. The quantitative estimate of drug-likeness (QED) is 0.387. The second kappa shape index (κ2) is 13.0. The van der Waals surface area contributed by atoms with Crippen LogP contribution >= 0.6 is 0 Å². The molecule has 12 heteroatoms. The number of pyridine rings is 1. The predicted octanol–water partition coefficient (Wildman–Crippen LogP) is 5.18. The number of hydrogen-bond donors (Lipinski definition) is 1. The van der Waals surface area contributed by atoms with Crippen LogP contribution in [0, 0.1) is 12.8 Å². The van der Waals surface area contributed by atoms with Crippen molar-refractivity contribution < 1.29 is 21.9 Å². The van der Waals surface area contributed by atoms with E-state index in [1.54, 1.807) is 23.6 Å². The van der Waals surface area contributed by atoms with Gasteiger partial charge in [0.15, 0.2) is 0 Å². The summed E-state index contributed by atoms with van der Waals surface area (Å²) in [5, 5.41) is 4.08. The Labute approximate surface area is 263 Å². The first kappa shape index (κ1) is 32.0. The van der Waals surface area contributed by atoms with Gasteiger partial charge in [0.25, 0.3) is 11.5 Å². The number of ether oxygens (including phenoxy) is 1. The summed E-state index contributed by atoms with van der Waals surface area (Å²) in [4.78, 5) is 25.6. The number of nitrogens with zero attached hydrogens (tertiary/aromatic N) is 4. The van der Waals surface area contributed by atoms with E-state index in [0.29, 0.717) is 85.9 Å². The van der Waals surface area contributed by atoms with Crippen LogP contribution in [0.4, 0.5) is 14.6 Å². The molecule has 1 aromatic carbocycles. The van der Waals surface area contributed by atoms with Gasteiger partial charge in [-0.05, 0) is 82.0 Å². The van der Waals surface area contributed by atoms with Gasteiger partial charge in [-0.25, -0.2) is 27.2 Å². The van der Waals surface area contributed by atoms with Crippen molar-refractivity contribution in [2.45, 2.75) is 76.8 Å². The largest absolute Gasteiger partial charge is 0.381 e. The van der Waals surface area contributed by atoms with Gasteiger partial charge in [0, 0.05) is 56.4 Å². The number of halogens is 2. The van der Waals surface area contributed by atoms with Gasteiger partial charge < -0.3 is 15.0 Å². The van der Waals surface area contributed by atoms with Crippen molar-refractivity contribution in [3.63, 3.8) is 0 Å². The van der Waals surface area contributed by atoms with Crippen LogP contribution in [0.25, 0.3) is 11.0 Å². The lowest BCUT2D eigenvalue weighted by Gasteiger charge is -2.41. The molecule has 0 saturated carbocycles. The van der Waals surface area contributed by atoms with Gasteiger partial charge in [-0.15, -0.1) is 0 Å². The molecule has 0 aliphatic carbocycles. The molecule has 2 aromatic heterocycles. The van der Waals surface area contributed by atoms with Crippen molar-refractivity contribution in [3.05, 3.63) is 63.2 Å². The maximum Gasteiger partial charge on any atom is 0.273 e. The van der Waals surface area contributed by atoms with E-state index >= 15 is 8.78 Å². The van der Waals surface area contributed by atoms with E-state index in [4.69, 9.17) is 9.72 Å². The number of sulfone groups is 1. The smallest absolute Gasteiger partial charge is 0.273 e. The minimum atomic E-state index is -3.11. The highest BCUT2D eigenvalue weighted by atomic mass is 32.2. The van der Waals surface area contributed by atoms with Crippen molar-refractivity contribution in [2.75, 3.05) is 49.7 Å². The molecule has 4 aliphatic heterocycles. The molecule has 8 bridgehead atoms. The first-order valence-corrected chi connectivity index (χ1v) is 18.0. The molecule has 6 heterocycles. The van der Waals surface area contributed by atoms with Crippen molar-refractivity contribution in [2.24, 2.45) is 5.92 Å². The monoisotopic (exact) mass is 643 g/mol. The van der Waals surface area contributed by atoms with Gasteiger partial charge in [-0.3, -0.25) is 9.36 Å². The van der Waals surface area contributed by atoms with Crippen LogP contribution in [0.5, 0.6) is 0 Å². The van der Waals surface area contributed by atoms with Crippen molar-refractivity contribution in [3.8, 4) is 0 Å². The molecule has 7 rings (SSSR count). The molecule has 0 spiro atoms. The lowest BCUT2D eigenvalue weighted by atomic mass is 9.89. The van der Waals surface area contributed by atoms with Crippen LogP contribution in [0.3, 0.4) is 0 Å². The summed E-state index contributed by atoms with van der Waals surface area (Å²) in [7, 11) is -3.11. The molecule has 0 radical (unpaired) electrons. The Hall–Kier alpha value is -2.96. The zero-order valence-electron chi connectivity index (χ0n) is 26.1. The maximum atomic E-state index is 15.5. The number of alkyl halides is 2. The summed E-state index contributed by atoms with van der Waals surface area (Å²) in [5.41, 5.74) is 1.60. The predicted molar refractivity (Wildman–Crippen MR) is 171 cm³/mol. The highest BCUT2D eigenvalue weighted by molar-refractivity contribution is 7.91. The zero-order chi connectivity index (χ0) is 31.8. The zero-order valence-corrected chi connectivity index (χ0v) is 26.9. The van der Waals surface area contributed by atoms with Gasteiger partial charge in [0.1, 0.15) is 27.1 Å². The molecule has 3 aromatic rings. The number of benzene rings is 1. The Morgan fingerprint density at radius 1 is 1.02 bits per heavy atom. The number of aromatic nitrogens is 3. The first-order chi connectivity index (χ1) is 21.5.